The molecule has 0 aliphatic carbocycles. The van der Waals surface area contributed by atoms with E-state index in [1.807, 2.05) is 0 Å². The Morgan fingerprint density at radius 2 is 2.06 bits per heavy atom. The first-order valence-electron chi connectivity index (χ1n) is 5.91. The van der Waals surface area contributed by atoms with Crippen molar-refractivity contribution in [2.24, 2.45) is 0 Å². The van der Waals surface area contributed by atoms with Crippen molar-refractivity contribution in [3.05, 3.63) is 27.7 Å². The fourth-order valence-electron chi connectivity index (χ4n) is 2.15. The molecule has 0 atom stereocenters. The smallest absolute Gasteiger partial charge is 0.127 e. The van der Waals surface area contributed by atoms with Gasteiger partial charge >= 0.3 is 0 Å². The SMILES string of the molecule is CCN(CC)Cc1cc(Br)cc2c1OCC2. The third-order valence-electron chi connectivity index (χ3n) is 3.11. The maximum Gasteiger partial charge on any atom is 0.127 e. The molecule has 0 unspecified atom stereocenters. The fourth-order valence-corrected chi connectivity index (χ4v) is 2.70. The van der Waals surface area contributed by atoms with E-state index < -0.39 is 0 Å². The van der Waals surface area contributed by atoms with Crippen molar-refractivity contribution < 1.29 is 4.74 Å². The quantitative estimate of drug-likeness (QED) is 0.841. The molecule has 16 heavy (non-hydrogen) atoms. The van der Waals surface area contributed by atoms with E-state index in [1.54, 1.807) is 0 Å². The number of hydrogen-bond donors (Lipinski definition) is 0. The molecule has 1 aliphatic rings. The van der Waals surface area contributed by atoms with Gasteiger partial charge in [0.2, 0.25) is 0 Å². The number of halogens is 1. The molecule has 0 aromatic heterocycles. The molecule has 0 spiro atoms. The van der Waals surface area contributed by atoms with Crippen molar-refractivity contribution in [2.45, 2.75) is 26.8 Å². The lowest BCUT2D eigenvalue weighted by Gasteiger charge is -2.19. The fraction of sp³-hybridized carbons (Fsp3) is 0.538. The van der Waals surface area contributed by atoms with E-state index in [2.05, 4.69) is 46.8 Å². The molecule has 0 amide bonds. The Bertz CT molecular complexity index is 374. The summed E-state index contributed by atoms with van der Waals surface area (Å²) < 4.78 is 6.89. The second kappa shape index (κ2) is 5.19. The second-order valence-corrected chi connectivity index (χ2v) is 5.03. The van der Waals surface area contributed by atoms with Gasteiger partial charge in [0, 0.05) is 23.0 Å². The van der Waals surface area contributed by atoms with Crippen LogP contribution in [0.15, 0.2) is 16.6 Å². The summed E-state index contributed by atoms with van der Waals surface area (Å²) in [5.41, 5.74) is 2.65. The summed E-state index contributed by atoms with van der Waals surface area (Å²) in [6.45, 7) is 8.37. The van der Waals surface area contributed by atoms with E-state index in [9.17, 15) is 0 Å². The normalized spacial score (nSPS) is 14.0. The van der Waals surface area contributed by atoms with Gasteiger partial charge in [0.1, 0.15) is 5.75 Å². The molecule has 1 heterocycles. The lowest BCUT2D eigenvalue weighted by Crippen LogP contribution is -2.22. The summed E-state index contributed by atoms with van der Waals surface area (Å²) in [6, 6.07) is 4.36. The van der Waals surface area contributed by atoms with Gasteiger partial charge < -0.3 is 4.74 Å². The Morgan fingerprint density at radius 1 is 1.31 bits per heavy atom. The van der Waals surface area contributed by atoms with Gasteiger partial charge in [0.15, 0.2) is 0 Å². The Labute approximate surface area is 106 Å². The molecule has 1 aromatic carbocycles. The molecule has 3 heteroatoms. The van der Waals surface area contributed by atoms with Crippen LogP contribution in [-0.4, -0.2) is 24.6 Å². The third kappa shape index (κ3) is 2.41. The maximum atomic E-state index is 5.73. The van der Waals surface area contributed by atoms with Gasteiger partial charge in [-0.15, -0.1) is 0 Å². The summed E-state index contributed by atoms with van der Waals surface area (Å²) in [4.78, 5) is 2.41. The monoisotopic (exact) mass is 283 g/mol. The highest BCUT2D eigenvalue weighted by Crippen LogP contribution is 2.33. The first kappa shape index (κ1) is 11.9. The largest absolute Gasteiger partial charge is 0.493 e. The van der Waals surface area contributed by atoms with E-state index in [-0.39, 0.29) is 0 Å². The molecular formula is C13H18BrNO. The molecule has 2 nitrogen and oxygen atoms in total. The molecule has 88 valence electrons. The van der Waals surface area contributed by atoms with E-state index in [4.69, 9.17) is 4.74 Å². The zero-order chi connectivity index (χ0) is 11.5. The minimum Gasteiger partial charge on any atom is -0.493 e. The number of rotatable bonds is 4. The van der Waals surface area contributed by atoms with Gasteiger partial charge in [-0.3, -0.25) is 4.90 Å². The van der Waals surface area contributed by atoms with Crippen molar-refractivity contribution in [1.29, 1.82) is 0 Å². The highest BCUT2D eigenvalue weighted by Gasteiger charge is 2.18. The van der Waals surface area contributed by atoms with Crippen molar-refractivity contribution in [3.8, 4) is 5.75 Å². The summed E-state index contributed by atoms with van der Waals surface area (Å²) in [7, 11) is 0. The Hall–Kier alpha value is -0.540. The van der Waals surface area contributed by atoms with Crippen LogP contribution < -0.4 is 4.74 Å². The van der Waals surface area contributed by atoms with E-state index in [0.717, 1.165) is 38.4 Å². The average Bonchev–Trinajstić information content (AvgIpc) is 2.73. The van der Waals surface area contributed by atoms with Gasteiger partial charge in [0.25, 0.3) is 0 Å². The van der Waals surface area contributed by atoms with Gasteiger partial charge in [-0.05, 0) is 30.8 Å². The number of benzene rings is 1. The first-order chi connectivity index (χ1) is 7.74. The van der Waals surface area contributed by atoms with E-state index in [1.165, 1.54) is 15.6 Å². The number of hydrogen-bond acceptors (Lipinski definition) is 2. The molecule has 2 rings (SSSR count). The highest BCUT2D eigenvalue weighted by atomic mass is 79.9. The Morgan fingerprint density at radius 3 is 2.75 bits per heavy atom. The van der Waals surface area contributed by atoms with Gasteiger partial charge in [-0.2, -0.15) is 0 Å². The molecule has 1 aliphatic heterocycles. The third-order valence-corrected chi connectivity index (χ3v) is 3.57. The first-order valence-corrected chi connectivity index (χ1v) is 6.70. The molecular weight excluding hydrogens is 266 g/mol. The van der Waals surface area contributed by atoms with Crippen molar-refractivity contribution >= 4 is 15.9 Å². The average molecular weight is 284 g/mol. The second-order valence-electron chi connectivity index (χ2n) is 4.11. The minimum absolute atomic E-state index is 0.830. The van der Waals surface area contributed by atoms with Crippen LogP contribution in [0.25, 0.3) is 0 Å². The van der Waals surface area contributed by atoms with Crippen LogP contribution in [0.2, 0.25) is 0 Å². The lowest BCUT2D eigenvalue weighted by molar-refractivity contribution is 0.286. The van der Waals surface area contributed by atoms with Crippen molar-refractivity contribution in [1.82, 2.24) is 4.90 Å². The summed E-state index contributed by atoms with van der Waals surface area (Å²) in [5.74, 6) is 1.12. The van der Waals surface area contributed by atoms with Gasteiger partial charge in [-0.25, -0.2) is 0 Å². The molecule has 0 bridgehead atoms. The molecule has 0 N–H and O–H groups in total. The van der Waals surface area contributed by atoms with Gasteiger partial charge in [0.05, 0.1) is 6.61 Å². The number of ether oxygens (including phenoxy) is 1. The van der Waals surface area contributed by atoms with Crippen LogP contribution in [0.3, 0.4) is 0 Å². The zero-order valence-corrected chi connectivity index (χ0v) is 11.5. The Kier molecular flexibility index (Phi) is 3.87. The standard InChI is InChI=1S/C13H18BrNO/c1-3-15(4-2)9-11-8-12(14)7-10-5-6-16-13(10)11/h7-8H,3-6,9H2,1-2H3. The van der Waals surface area contributed by atoms with Crippen molar-refractivity contribution in [3.63, 3.8) is 0 Å². The van der Waals surface area contributed by atoms with Crippen LogP contribution in [0.4, 0.5) is 0 Å². The molecule has 0 saturated carbocycles. The molecule has 0 radical (unpaired) electrons. The predicted molar refractivity (Wildman–Crippen MR) is 70.0 cm³/mol. The molecule has 0 saturated heterocycles. The summed E-state index contributed by atoms with van der Waals surface area (Å²) in [5, 5.41) is 0. The van der Waals surface area contributed by atoms with Crippen molar-refractivity contribution in [2.75, 3.05) is 19.7 Å². The van der Waals surface area contributed by atoms with Crippen LogP contribution >= 0.6 is 15.9 Å². The zero-order valence-electron chi connectivity index (χ0n) is 9.92. The van der Waals surface area contributed by atoms with Crippen LogP contribution in [0, 0.1) is 0 Å². The minimum atomic E-state index is 0.830. The van der Waals surface area contributed by atoms with Crippen LogP contribution in [-0.2, 0) is 13.0 Å². The molecule has 0 fully saturated rings. The molecule has 1 aromatic rings. The summed E-state index contributed by atoms with van der Waals surface area (Å²) in [6.07, 6.45) is 1.04. The predicted octanol–water partition coefficient (Wildman–Crippen LogP) is 3.23. The highest BCUT2D eigenvalue weighted by molar-refractivity contribution is 9.10. The van der Waals surface area contributed by atoms with E-state index >= 15 is 0 Å². The Balaban J connectivity index is 2.26. The maximum absolute atomic E-state index is 5.73. The summed E-state index contributed by atoms with van der Waals surface area (Å²) >= 11 is 3.58. The topological polar surface area (TPSA) is 12.5 Å². The van der Waals surface area contributed by atoms with E-state index in [0.29, 0.717) is 0 Å². The van der Waals surface area contributed by atoms with Crippen LogP contribution in [0.1, 0.15) is 25.0 Å². The number of nitrogens with zero attached hydrogens (tertiary/aromatic N) is 1. The number of fused-ring (bicyclic) bond motifs is 1. The van der Waals surface area contributed by atoms with Crippen LogP contribution in [0.5, 0.6) is 5.75 Å². The van der Waals surface area contributed by atoms with Gasteiger partial charge in [-0.1, -0.05) is 29.8 Å². The lowest BCUT2D eigenvalue weighted by atomic mass is 10.1.